The summed E-state index contributed by atoms with van der Waals surface area (Å²) in [6, 6.07) is 21.4. The second-order valence-electron chi connectivity index (χ2n) is 17.4. The minimum atomic E-state index is -3.89. The molecule has 10 rings (SSSR count). The molecule has 1 aromatic heterocycles. The van der Waals surface area contributed by atoms with Crippen molar-refractivity contribution in [2.75, 3.05) is 19.7 Å². The predicted octanol–water partition coefficient (Wildman–Crippen LogP) is 8.06. The van der Waals surface area contributed by atoms with Crippen LogP contribution in [0.1, 0.15) is 82.0 Å². The fourth-order valence-electron chi connectivity index (χ4n) is 12.4. The second kappa shape index (κ2) is 12.6. The molecule has 1 aliphatic heterocycles. The summed E-state index contributed by atoms with van der Waals surface area (Å²) in [4.78, 5) is 15.5. The first-order valence-electron chi connectivity index (χ1n) is 19.6. The summed E-state index contributed by atoms with van der Waals surface area (Å²) in [5.74, 6) is 0.0592. The van der Waals surface area contributed by atoms with Gasteiger partial charge in [-0.1, -0.05) is 92.7 Å². The van der Waals surface area contributed by atoms with Gasteiger partial charge in [0, 0.05) is 47.1 Å². The van der Waals surface area contributed by atoms with Crippen LogP contribution in [0.15, 0.2) is 100 Å². The van der Waals surface area contributed by atoms with Crippen LogP contribution in [0.2, 0.25) is 0 Å². The summed E-state index contributed by atoms with van der Waals surface area (Å²) in [6.07, 6.45) is 12.8. The number of nitrogens with zero attached hydrogens (tertiary/aromatic N) is 1. The summed E-state index contributed by atoms with van der Waals surface area (Å²) in [6.45, 7) is 5.38. The molecule has 3 aromatic rings. The molecule has 9 atom stereocenters. The number of carbonyl (C=O) groups excluding carboxylic acids is 1. The van der Waals surface area contributed by atoms with E-state index in [1.165, 1.54) is 15.6 Å². The molecule has 3 saturated carbocycles. The number of aliphatic hydroxyl groups excluding tert-OH is 1. The predicted molar refractivity (Wildman–Crippen MR) is 207 cm³/mol. The minimum Gasteiger partial charge on any atom is -0.393 e. The smallest absolute Gasteiger partial charge is 0.252 e. The maximum Gasteiger partial charge on any atom is 0.252 e. The Kier molecular flexibility index (Phi) is 8.47. The van der Waals surface area contributed by atoms with E-state index in [0.29, 0.717) is 31.4 Å². The van der Waals surface area contributed by atoms with E-state index < -0.39 is 38.0 Å². The average molecular weight is 754 g/mol. The molecule has 0 radical (unpaired) electrons. The van der Waals surface area contributed by atoms with Crippen LogP contribution in [0.5, 0.6) is 0 Å². The van der Waals surface area contributed by atoms with Crippen LogP contribution in [-0.4, -0.2) is 66.2 Å². The lowest BCUT2D eigenvalue weighted by Crippen LogP contribution is -2.67. The number of Topliss-reactive ketones (excluding diaryl/α,β-unsaturated/α-hetero) is 1. The van der Waals surface area contributed by atoms with Gasteiger partial charge in [-0.15, -0.1) is 11.3 Å². The number of rotatable bonds is 9. The largest absolute Gasteiger partial charge is 0.393 e. The van der Waals surface area contributed by atoms with Gasteiger partial charge in [0.2, 0.25) is 0 Å². The average Bonchev–Trinajstić information content (AvgIpc) is 3.94. The van der Waals surface area contributed by atoms with Gasteiger partial charge < -0.3 is 14.9 Å². The molecule has 7 aliphatic rings. The summed E-state index contributed by atoms with van der Waals surface area (Å²) < 4.78 is 36.3. The van der Waals surface area contributed by atoms with Gasteiger partial charge in [0.05, 0.1) is 17.8 Å². The Labute approximate surface area is 317 Å². The van der Waals surface area contributed by atoms with Crippen molar-refractivity contribution in [2.24, 2.45) is 33.5 Å². The van der Waals surface area contributed by atoms with E-state index in [2.05, 4.69) is 32.1 Å². The number of allylic oxidation sites excluding steroid dienone is 4. The molecule has 6 aliphatic carbocycles. The van der Waals surface area contributed by atoms with E-state index in [-0.39, 0.29) is 46.4 Å². The molecule has 7 nitrogen and oxygen atoms in total. The molecule has 0 amide bonds. The summed E-state index contributed by atoms with van der Waals surface area (Å²) in [7, 11) is -3.89. The van der Waals surface area contributed by atoms with E-state index in [1.54, 1.807) is 17.5 Å². The highest BCUT2D eigenvalue weighted by atomic mass is 32.2. The molecular weight excluding hydrogens is 703 g/mol. The zero-order chi connectivity index (χ0) is 36.9. The Morgan fingerprint density at radius 2 is 1.64 bits per heavy atom. The molecule has 53 heavy (non-hydrogen) atoms. The Bertz CT molecular complexity index is 2070. The quantitative estimate of drug-likeness (QED) is 0.169. The number of aliphatic hydroxyl groups is 2. The van der Waals surface area contributed by atoms with Crippen molar-refractivity contribution in [1.82, 2.24) is 4.31 Å². The van der Waals surface area contributed by atoms with Gasteiger partial charge in [-0.25, -0.2) is 8.42 Å². The lowest BCUT2D eigenvalue weighted by Gasteiger charge is -2.71. The van der Waals surface area contributed by atoms with Gasteiger partial charge in [-0.2, -0.15) is 4.31 Å². The molecule has 9 unspecified atom stereocenters. The van der Waals surface area contributed by atoms with Crippen molar-refractivity contribution in [3.05, 3.63) is 101 Å². The molecule has 2 aromatic carbocycles. The van der Waals surface area contributed by atoms with Gasteiger partial charge in [-0.3, -0.25) is 4.79 Å². The van der Waals surface area contributed by atoms with Gasteiger partial charge in [0.1, 0.15) is 4.21 Å². The first-order valence-corrected chi connectivity index (χ1v) is 21.9. The molecule has 2 spiro atoms. The van der Waals surface area contributed by atoms with E-state index in [4.69, 9.17) is 4.74 Å². The number of benzene rings is 2. The SMILES string of the molecule is CC12CCC(O)CC13C=CC1(C(C(=O)c4ccccc4-c4ccccc4)=C3)C2CCC2(C)C1CCC2(O)CN(CC1CCCO1)S(=O)(=O)c1cccs1. The Hall–Kier alpha value is -2.92. The number of ether oxygens (including phenoxy) is 1. The van der Waals surface area contributed by atoms with Crippen molar-refractivity contribution in [3.63, 3.8) is 0 Å². The molecule has 2 heterocycles. The normalized spacial score (nSPS) is 38.7. The highest BCUT2D eigenvalue weighted by Gasteiger charge is 2.74. The first-order chi connectivity index (χ1) is 25.4. The maximum absolute atomic E-state index is 15.5. The standard InChI is InChI=1S/C44H51NO6S2/c1-40-19-16-31(46)26-42(40)22-23-44(35(27-42)39(47)34-14-7-6-13-33(34)30-10-4-3-5-11-30)36(40)17-20-41(2)37(44)18-21-43(41,48)29-45(28-32-12-8-24-51-32)53(49,50)38-15-9-25-52-38/h3-7,9-11,13-15,22-23,25,27,31-32,36-37,46,48H,8,12,16-21,24,26,28-29H2,1-2H3. The van der Waals surface area contributed by atoms with Gasteiger partial charge in [0.15, 0.2) is 5.78 Å². The van der Waals surface area contributed by atoms with Crippen LogP contribution in [0.4, 0.5) is 0 Å². The lowest BCUT2D eigenvalue weighted by atomic mass is 9.32. The number of sulfonamides is 1. The van der Waals surface area contributed by atoms with E-state index in [1.807, 2.05) is 54.6 Å². The summed E-state index contributed by atoms with van der Waals surface area (Å²) >= 11 is 1.20. The van der Waals surface area contributed by atoms with E-state index >= 15 is 4.79 Å². The van der Waals surface area contributed by atoms with Crippen LogP contribution >= 0.6 is 11.3 Å². The molecule has 9 heteroatoms. The molecule has 4 fully saturated rings. The second-order valence-corrected chi connectivity index (χ2v) is 20.5. The van der Waals surface area contributed by atoms with Crippen LogP contribution < -0.4 is 0 Å². The number of ketones is 1. The van der Waals surface area contributed by atoms with Crippen LogP contribution in [-0.2, 0) is 14.8 Å². The van der Waals surface area contributed by atoms with Gasteiger partial charge in [0.25, 0.3) is 10.0 Å². The van der Waals surface area contributed by atoms with E-state index in [9.17, 15) is 18.6 Å². The van der Waals surface area contributed by atoms with Crippen LogP contribution in [0, 0.1) is 33.5 Å². The van der Waals surface area contributed by atoms with E-state index in [0.717, 1.165) is 55.2 Å². The van der Waals surface area contributed by atoms with Gasteiger partial charge >= 0.3 is 0 Å². The highest BCUT2D eigenvalue weighted by molar-refractivity contribution is 7.91. The molecular formula is C44H51NO6S2. The third kappa shape index (κ3) is 5.10. The first kappa shape index (κ1) is 35.8. The summed E-state index contributed by atoms with van der Waals surface area (Å²) in [5, 5.41) is 26.0. The fourth-order valence-corrected chi connectivity index (χ4v) is 15.1. The Balaban J connectivity index is 1.16. The number of hydrogen-bond donors (Lipinski definition) is 2. The third-order valence-electron chi connectivity index (χ3n) is 15.2. The lowest BCUT2D eigenvalue weighted by molar-refractivity contribution is -0.174. The fraction of sp³-hybridized carbons (Fsp3) is 0.523. The van der Waals surface area contributed by atoms with Crippen molar-refractivity contribution in [1.29, 1.82) is 0 Å². The number of hydrogen-bond acceptors (Lipinski definition) is 7. The minimum absolute atomic E-state index is 0.0121. The van der Waals surface area contributed by atoms with Crippen molar-refractivity contribution < 1.29 is 28.2 Å². The summed E-state index contributed by atoms with van der Waals surface area (Å²) in [5.41, 5.74) is 0.0874. The van der Waals surface area contributed by atoms with Gasteiger partial charge in [-0.05, 0) is 97.6 Å². The zero-order valence-corrected chi connectivity index (χ0v) is 32.4. The number of thiophene rings is 1. The molecule has 2 bridgehead atoms. The third-order valence-corrected chi connectivity index (χ3v) is 18.4. The van der Waals surface area contributed by atoms with Crippen LogP contribution in [0.3, 0.4) is 0 Å². The van der Waals surface area contributed by atoms with Crippen molar-refractivity contribution >= 4 is 27.1 Å². The topological polar surface area (TPSA) is 104 Å². The number of carbonyl (C=O) groups is 1. The van der Waals surface area contributed by atoms with Crippen molar-refractivity contribution in [2.45, 2.75) is 93.7 Å². The maximum atomic E-state index is 15.5. The molecule has 280 valence electrons. The molecule has 1 saturated heterocycles. The molecule has 2 N–H and O–H groups in total. The van der Waals surface area contributed by atoms with Crippen LogP contribution in [0.25, 0.3) is 11.1 Å². The Morgan fingerprint density at radius 1 is 0.906 bits per heavy atom. The zero-order valence-electron chi connectivity index (χ0n) is 30.7. The monoisotopic (exact) mass is 753 g/mol. The Morgan fingerprint density at radius 3 is 2.40 bits per heavy atom. The number of fused-ring (bicyclic) bond motifs is 1. The highest BCUT2D eigenvalue weighted by Crippen LogP contribution is 2.78. The van der Waals surface area contributed by atoms with Crippen molar-refractivity contribution in [3.8, 4) is 11.1 Å².